The van der Waals surface area contributed by atoms with Crippen LogP contribution in [0.4, 0.5) is 0 Å². The van der Waals surface area contributed by atoms with Crippen LogP contribution in [0.25, 0.3) is 0 Å². The van der Waals surface area contributed by atoms with Crippen LogP contribution in [-0.2, 0) is 0 Å². The molecule has 0 atom stereocenters. The molecule has 0 fully saturated rings. The first-order valence-corrected chi connectivity index (χ1v) is 11.9. The molecule has 9 heavy (non-hydrogen) atoms. The topological polar surface area (TPSA) is 0 Å². The summed E-state index contributed by atoms with van der Waals surface area (Å²) in [6.07, 6.45) is 0. The normalized spacial score (nSPS) is 20.8. The first-order valence-electron chi connectivity index (χ1n) is 2.61. The van der Waals surface area contributed by atoms with Gasteiger partial charge in [0.05, 0.1) is 0 Å². The average molecular weight is 270 g/mol. The van der Waals surface area contributed by atoms with Crippen molar-refractivity contribution in [3.8, 4) is 0 Å². The molecule has 0 amide bonds. The zero-order chi connectivity index (χ0) is 7.99. The van der Waals surface area contributed by atoms with Crippen LogP contribution in [0.15, 0.2) is 0 Å². The molecule has 0 bridgehead atoms. The van der Waals surface area contributed by atoms with Crippen molar-refractivity contribution >= 4 is 11.3 Å². The van der Waals surface area contributed by atoms with E-state index in [-0.39, 0.29) is 0 Å². The predicted molar refractivity (Wildman–Crippen MR) is 50.7 cm³/mol. The zero-order valence-corrected chi connectivity index (χ0v) is 8.73. The van der Waals surface area contributed by atoms with Gasteiger partial charge in [0, 0.05) is 0 Å². The van der Waals surface area contributed by atoms with Gasteiger partial charge in [-0.2, -0.15) is 0 Å². The Labute approximate surface area is 51.2 Å². The van der Waals surface area contributed by atoms with Crippen LogP contribution in [-0.4, -0.2) is 11.3 Å². The molecule has 0 aliphatic rings. The van der Waals surface area contributed by atoms with Crippen molar-refractivity contribution in [2.24, 2.45) is 0 Å². The van der Waals surface area contributed by atoms with Crippen LogP contribution >= 0.6 is 0 Å². The van der Waals surface area contributed by atoms with Crippen molar-refractivity contribution in [1.82, 2.24) is 0 Å². The summed E-state index contributed by atoms with van der Waals surface area (Å²) in [6.45, 7) is 4.08. The minimum absolute atomic E-state index is 0.329. The van der Waals surface area contributed by atoms with Crippen molar-refractivity contribution in [3.63, 3.8) is 0 Å². The first-order chi connectivity index (χ1) is 3.43. The molecule has 0 N–H and O–H groups in total. The second-order valence-electron chi connectivity index (χ2n) is 3.48. The molecular weight excluding hydrogens is 253 g/mol. The third-order valence-electron chi connectivity index (χ3n) is 1.44. The first kappa shape index (κ1) is 9.67. The molecule has 0 spiro atoms. The monoisotopic (exact) mass is 271 g/mol. The molecule has 0 saturated heterocycles. The van der Waals surface area contributed by atoms with Gasteiger partial charge in [-0.1, -0.05) is 0 Å². The van der Waals surface area contributed by atoms with Gasteiger partial charge >= 0.3 is 52.0 Å². The predicted octanol–water partition coefficient (Wildman–Crippen LogP) is 1.20. The fourth-order valence-electron chi connectivity index (χ4n) is 0. The van der Waals surface area contributed by atoms with Crippen molar-refractivity contribution in [2.75, 3.05) is 0 Å². The van der Waals surface area contributed by atoms with Gasteiger partial charge in [0.15, 0.2) is 0 Å². The van der Waals surface area contributed by atoms with Gasteiger partial charge in [-0.05, 0) is 0 Å². The van der Waals surface area contributed by atoms with E-state index in [4.69, 9.17) is 0 Å². The Morgan fingerprint density at radius 2 is 1.00 bits per heavy atom. The van der Waals surface area contributed by atoms with Crippen LogP contribution < -0.4 is 0 Å². The molecule has 0 aliphatic carbocycles. The summed E-state index contributed by atoms with van der Waals surface area (Å²) in [5.41, 5.74) is 0. The van der Waals surface area contributed by atoms with Gasteiger partial charge in [0.25, 0.3) is 0 Å². The standard InChI is InChI=1S/C3H7.5CH2.Gd/c1-3-2;;;;;;/h3H,1-2H3;5*1H2;. The Kier molecular flexibility index (Phi) is 1.57. The molecule has 0 aromatic carbocycles. The van der Waals surface area contributed by atoms with E-state index >= 15 is 0 Å². The van der Waals surface area contributed by atoms with E-state index in [2.05, 4.69) is 11.3 Å². The van der Waals surface area contributed by atoms with E-state index in [0.29, 0.717) is 1.70 Å². The van der Waals surface area contributed by atoms with Gasteiger partial charge in [-0.25, -0.2) is 0 Å². The van der Waals surface area contributed by atoms with Crippen LogP contribution in [0.5, 0.6) is 0 Å². The summed E-state index contributed by atoms with van der Waals surface area (Å²) in [5.74, 6) is 0. The third kappa shape index (κ3) is 3.39. The van der Waals surface area contributed by atoms with Gasteiger partial charge in [0.1, 0.15) is 0 Å². The minimum atomic E-state index is -3.67. The zero-order valence-electron chi connectivity index (χ0n) is 6.47. The van der Waals surface area contributed by atoms with Crippen molar-refractivity contribution in [2.45, 2.75) is 15.5 Å². The molecule has 0 aromatic heterocycles. The summed E-state index contributed by atoms with van der Waals surface area (Å²) in [7, 11) is 0. The van der Waals surface area contributed by atoms with E-state index in [0.717, 1.165) is 0 Å². The molecule has 0 nitrogen and oxygen atoms in total. The van der Waals surface area contributed by atoms with Crippen LogP contribution in [0.1, 0.15) is 13.8 Å². The summed E-state index contributed by atoms with van der Waals surface area (Å²) in [5, 5.41) is 0. The Morgan fingerprint density at radius 3 is 1.00 bits per heavy atom. The molecule has 0 heterocycles. The fourth-order valence-corrected chi connectivity index (χ4v) is 0. The Hall–Kier alpha value is 0.675. The molecular formula is C8H17Gd. The SMILES string of the molecule is [CH2]=[Gd](=[CH2])(=[CH2])(=[CH2])(=[CH2])[CH](C)C. The van der Waals surface area contributed by atoms with E-state index in [1.54, 1.807) is 0 Å². The molecule has 0 saturated carbocycles. The Bertz CT molecular complexity index is 424. The number of hydrogen-bond donors (Lipinski definition) is 0. The maximum atomic E-state index is 3.98. The van der Waals surface area contributed by atoms with Crippen LogP contribution in [0.3, 0.4) is 0 Å². The summed E-state index contributed by atoms with van der Waals surface area (Å²) < 4.78 is 20.2. The van der Waals surface area contributed by atoms with Gasteiger partial charge < -0.3 is 0 Å². The number of rotatable bonds is 1. The molecule has 0 aliphatic heterocycles. The van der Waals surface area contributed by atoms with Crippen LogP contribution in [0.2, 0.25) is 1.70 Å². The molecule has 57 valence electrons. The molecule has 1 heteroatoms. The quantitative estimate of drug-likeness (QED) is 0.672. The maximum absolute atomic E-state index is 3.98. The van der Waals surface area contributed by atoms with Gasteiger partial charge in [0.2, 0.25) is 0 Å². The summed E-state index contributed by atoms with van der Waals surface area (Å²) in [4.78, 5) is 0. The van der Waals surface area contributed by atoms with Crippen molar-refractivity contribution in [3.05, 3.63) is 0 Å². The second-order valence-corrected chi connectivity index (χ2v) is 22.1. The van der Waals surface area contributed by atoms with Gasteiger partial charge in [-0.3, -0.25) is 0 Å². The van der Waals surface area contributed by atoms with Crippen LogP contribution in [0, 0.1) is 25.1 Å². The number of hydrogen-bond acceptors (Lipinski definition) is 0. The summed E-state index contributed by atoms with van der Waals surface area (Å²) in [6, 6.07) is 0. The summed E-state index contributed by atoms with van der Waals surface area (Å²) >= 11 is -3.67. The Balaban J connectivity index is 6.49. The average Bonchev–Trinajstić information content (AvgIpc) is 1.24. The van der Waals surface area contributed by atoms with E-state index < -0.39 is 25.1 Å². The van der Waals surface area contributed by atoms with Crippen molar-refractivity contribution in [1.29, 1.82) is 0 Å². The second kappa shape index (κ2) is 1.47. The molecule has 0 radical (unpaired) electrons. The molecule has 0 aromatic rings. The third-order valence-corrected chi connectivity index (χ3v) is 10.7. The molecule has 0 rings (SSSR count). The fraction of sp³-hybridized carbons (Fsp3) is 0.375. The van der Waals surface area contributed by atoms with E-state index in [1.165, 1.54) is 0 Å². The Morgan fingerprint density at radius 1 is 0.889 bits per heavy atom. The van der Waals surface area contributed by atoms with Crippen molar-refractivity contribution < 1.29 is 25.1 Å². The van der Waals surface area contributed by atoms with Gasteiger partial charge in [-0.15, -0.1) is 0 Å². The van der Waals surface area contributed by atoms with E-state index in [9.17, 15) is 0 Å². The molecule has 0 unspecified atom stereocenters. The van der Waals surface area contributed by atoms with E-state index in [1.807, 2.05) is 13.8 Å².